The zero-order valence-corrected chi connectivity index (χ0v) is 16.4. The van der Waals surface area contributed by atoms with Gasteiger partial charge < -0.3 is 9.68 Å². The van der Waals surface area contributed by atoms with Crippen LogP contribution >= 0.6 is 0 Å². The SMILES string of the molecule is CON=C(C)c1cccc(C(F)(F)F)c1.CON=CCc1ccc(C(F)(F)F)cc1. The molecule has 2 rings (SSSR count). The number of benzene rings is 2. The fourth-order valence-electron chi connectivity index (χ4n) is 2.16. The van der Waals surface area contributed by atoms with E-state index in [1.807, 2.05) is 0 Å². The predicted molar refractivity (Wildman–Crippen MR) is 101 cm³/mol. The van der Waals surface area contributed by atoms with Crippen LogP contribution in [0.4, 0.5) is 26.3 Å². The maximum atomic E-state index is 12.3. The van der Waals surface area contributed by atoms with Crippen molar-refractivity contribution in [2.45, 2.75) is 25.7 Å². The van der Waals surface area contributed by atoms with Crippen LogP contribution in [-0.2, 0) is 28.4 Å². The summed E-state index contributed by atoms with van der Waals surface area (Å²) in [6, 6.07) is 9.89. The monoisotopic (exact) mass is 434 g/mol. The van der Waals surface area contributed by atoms with E-state index in [4.69, 9.17) is 0 Å². The van der Waals surface area contributed by atoms with Crippen LogP contribution in [0.5, 0.6) is 0 Å². The highest BCUT2D eigenvalue weighted by atomic mass is 19.4. The van der Waals surface area contributed by atoms with Gasteiger partial charge in [0.15, 0.2) is 0 Å². The molecule has 2 aromatic rings. The first kappa shape index (κ1) is 25.0. The Labute approximate surface area is 169 Å². The average molecular weight is 434 g/mol. The van der Waals surface area contributed by atoms with Crippen LogP contribution in [0, 0.1) is 0 Å². The van der Waals surface area contributed by atoms with Gasteiger partial charge in [-0.3, -0.25) is 0 Å². The Morgan fingerprint density at radius 3 is 1.97 bits per heavy atom. The Bertz CT molecular complexity index is 844. The van der Waals surface area contributed by atoms with Crippen molar-refractivity contribution in [3.05, 3.63) is 70.8 Å². The van der Waals surface area contributed by atoms with E-state index >= 15 is 0 Å². The van der Waals surface area contributed by atoms with Gasteiger partial charge in [-0.15, -0.1) is 0 Å². The van der Waals surface area contributed by atoms with Crippen LogP contribution in [-0.4, -0.2) is 26.1 Å². The van der Waals surface area contributed by atoms with Crippen molar-refractivity contribution < 1.29 is 36.0 Å². The van der Waals surface area contributed by atoms with Crippen molar-refractivity contribution in [3.8, 4) is 0 Å². The fourth-order valence-corrected chi connectivity index (χ4v) is 2.16. The van der Waals surface area contributed by atoms with Gasteiger partial charge in [-0.2, -0.15) is 26.3 Å². The van der Waals surface area contributed by atoms with E-state index in [1.54, 1.807) is 13.0 Å². The maximum Gasteiger partial charge on any atom is 0.416 e. The van der Waals surface area contributed by atoms with Crippen LogP contribution in [0.25, 0.3) is 0 Å². The second-order valence-corrected chi connectivity index (χ2v) is 5.81. The molecule has 10 heteroatoms. The van der Waals surface area contributed by atoms with E-state index in [-0.39, 0.29) is 0 Å². The van der Waals surface area contributed by atoms with E-state index in [9.17, 15) is 26.3 Å². The Kier molecular flexibility index (Phi) is 9.35. The molecule has 0 bridgehead atoms. The Balaban J connectivity index is 0.000000300. The highest BCUT2D eigenvalue weighted by Gasteiger charge is 2.30. The number of alkyl halides is 6. The molecule has 0 saturated carbocycles. The molecule has 0 fully saturated rings. The molecule has 0 saturated heterocycles. The molecule has 0 atom stereocenters. The molecule has 0 amide bonds. The van der Waals surface area contributed by atoms with Gasteiger partial charge in [0, 0.05) is 12.6 Å². The molecule has 0 aromatic heterocycles. The summed E-state index contributed by atoms with van der Waals surface area (Å²) in [6.07, 6.45) is -6.67. The lowest BCUT2D eigenvalue weighted by atomic mass is 10.1. The smallest absolute Gasteiger partial charge is 0.399 e. The molecule has 0 N–H and O–H groups in total. The molecule has 0 aliphatic rings. The predicted octanol–water partition coefficient (Wildman–Crippen LogP) is 5.96. The summed E-state index contributed by atoms with van der Waals surface area (Å²) >= 11 is 0. The summed E-state index contributed by atoms with van der Waals surface area (Å²) < 4.78 is 73.6. The van der Waals surface area contributed by atoms with Crippen LogP contribution in [0.1, 0.15) is 29.2 Å². The third-order valence-electron chi connectivity index (χ3n) is 3.62. The average Bonchev–Trinajstić information content (AvgIpc) is 2.68. The van der Waals surface area contributed by atoms with Gasteiger partial charge in [0.1, 0.15) is 14.2 Å². The highest BCUT2D eigenvalue weighted by molar-refractivity contribution is 5.98. The van der Waals surface area contributed by atoms with Crippen molar-refractivity contribution in [1.29, 1.82) is 0 Å². The van der Waals surface area contributed by atoms with Crippen LogP contribution in [0.15, 0.2) is 58.8 Å². The molecular formula is C20H20F6N2O2. The summed E-state index contributed by atoms with van der Waals surface area (Å²) in [5.74, 6) is 0. The van der Waals surface area contributed by atoms with Crippen molar-refractivity contribution >= 4 is 11.9 Å². The normalized spacial score (nSPS) is 12.4. The van der Waals surface area contributed by atoms with Crippen LogP contribution < -0.4 is 0 Å². The molecule has 0 radical (unpaired) electrons. The number of halogens is 6. The molecule has 0 aliphatic heterocycles. The first-order valence-electron chi connectivity index (χ1n) is 8.45. The molecule has 4 nitrogen and oxygen atoms in total. The highest BCUT2D eigenvalue weighted by Crippen LogP contribution is 2.30. The lowest BCUT2D eigenvalue weighted by Crippen LogP contribution is -2.06. The lowest BCUT2D eigenvalue weighted by Gasteiger charge is -2.07. The second-order valence-electron chi connectivity index (χ2n) is 5.81. The Morgan fingerprint density at radius 1 is 0.867 bits per heavy atom. The molecule has 0 unspecified atom stereocenters. The van der Waals surface area contributed by atoms with E-state index in [2.05, 4.69) is 20.0 Å². The third-order valence-corrected chi connectivity index (χ3v) is 3.62. The Morgan fingerprint density at radius 2 is 1.47 bits per heavy atom. The van der Waals surface area contributed by atoms with Crippen molar-refractivity contribution in [3.63, 3.8) is 0 Å². The number of hydrogen-bond acceptors (Lipinski definition) is 4. The molecule has 164 valence electrons. The summed E-state index contributed by atoms with van der Waals surface area (Å²) in [5, 5.41) is 7.06. The van der Waals surface area contributed by atoms with Crippen molar-refractivity contribution in [2.24, 2.45) is 10.3 Å². The number of oxime groups is 2. The topological polar surface area (TPSA) is 43.2 Å². The van der Waals surface area contributed by atoms with Gasteiger partial charge in [0.05, 0.1) is 16.8 Å². The number of nitrogens with zero attached hydrogens (tertiary/aromatic N) is 2. The van der Waals surface area contributed by atoms with E-state index in [0.717, 1.165) is 29.8 Å². The molecule has 0 heterocycles. The molecule has 2 aromatic carbocycles. The minimum Gasteiger partial charge on any atom is -0.399 e. The fraction of sp³-hybridized carbons (Fsp3) is 0.300. The van der Waals surface area contributed by atoms with E-state index < -0.39 is 23.5 Å². The second kappa shape index (κ2) is 11.2. The summed E-state index contributed by atoms with van der Waals surface area (Å²) in [4.78, 5) is 8.92. The lowest BCUT2D eigenvalue weighted by molar-refractivity contribution is -0.138. The first-order valence-corrected chi connectivity index (χ1v) is 8.45. The minimum atomic E-state index is -4.33. The summed E-state index contributed by atoms with van der Waals surface area (Å²) in [5.41, 5.74) is 0.222. The van der Waals surface area contributed by atoms with Gasteiger partial charge in [-0.05, 0) is 42.3 Å². The van der Waals surface area contributed by atoms with Gasteiger partial charge in [0.25, 0.3) is 0 Å². The zero-order valence-electron chi connectivity index (χ0n) is 16.4. The van der Waals surface area contributed by atoms with Gasteiger partial charge in [-0.1, -0.05) is 34.6 Å². The standard InChI is InChI=1S/2C10H10F3NO/c1-7(14-15-2)8-4-3-5-9(6-8)10(11,12)13;1-15-14-7-6-8-2-4-9(5-3-8)10(11,12)13/h3-6H,1-2H3;2-5,7H,6H2,1H3. The summed E-state index contributed by atoms with van der Waals surface area (Å²) in [6.45, 7) is 1.58. The quantitative estimate of drug-likeness (QED) is 0.331. The minimum absolute atomic E-state index is 0.395. The van der Waals surface area contributed by atoms with Crippen LogP contribution in [0.2, 0.25) is 0 Å². The van der Waals surface area contributed by atoms with Gasteiger partial charge in [-0.25, -0.2) is 0 Å². The number of hydrogen-bond donors (Lipinski definition) is 0. The zero-order chi connectivity index (χ0) is 22.8. The maximum absolute atomic E-state index is 12.3. The van der Waals surface area contributed by atoms with Crippen molar-refractivity contribution in [1.82, 2.24) is 0 Å². The number of rotatable bonds is 5. The molecular weight excluding hydrogens is 414 g/mol. The van der Waals surface area contributed by atoms with Gasteiger partial charge >= 0.3 is 12.4 Å². The van der Waals surface area contributed by atoms with E-state index in [1.165, 1.54) is 38.6 Å². The van der Waals surface area contributed by atoms with Crippen molar-refractivity contribution in [2.75, 3.05) is 14.2 Å². The summed E-state index contributed by atoms with van der Waals surface area (Å²) in [7, 11) is 2.75. The van der Waals surface area contributed by atoms with Crippen LogP contribution in [0.3, 0.4) is 0 Å². The van der Waals surface area contributed by atoms with E-state index in [0.29, 0.717) is 17.7 Å². The molecule has 0 aliphatic carbocycles. The van der Waals surface area contributed by atoms with Gasteiger partial charge in [0.2, 0.25) is 0 Å². The largest absolute Gasteiger partial charge is 0.416 e. The third kappa shape index (κ3) is 8.54. The molecule has 30 heavy (non-hydrogen) atoms. The first-order chi connectivity index (χ1) is 14.0. The molecule has 0 spiro atoms. The Hall–Kier alpha value is -3.04.